The predicted octanol–water partition coefficient (Wildman–Crippen LogP) is 3.79. The summed E-state index contributed by atoms with van der Waals surface area (Å²) in [6, 6.07) is 18.2. The Balaban J connectivity index is 1.40. The summed E-state index contributed by atoms with van der Waals surface area (Å²) in [6.45, 7) is 0.356. The molecule has 2 heterocycles. The zero-order chi connectivity index (χ0) is 23.0. The van der Waals surface area contributed by atoms with Crippen LogP contribution in [0.3, 0.4) is 0 Å². The van der Waals surface area contributed by atoms with Crippen LogP contribution in [-0.4, -0.2) is 41.9 Å². The maximum atomic E-state index is 12.9. The maximum Gasteiger partial charge on any atom is 0.178 e. The summed E-state index contributed by atoms with van der Waals surface area (Å²) in [5.74, 6) is -0.402. The number of aliphatic hydroxyl groups is 1. The van der Waals surface area contributed by atoms with Crippen LogP contribution in [0.15, 0.2) is 66.9 Å². The molecule has 1 aromatic heterocycles. The molecular weight excluding hydrogens is 438 g/mol. The topological polar surface area (TPSA) is 93.6 Å². The number of aliphatic hydroxyl groups excluding tert-OH is 1. The van der Waals surface area contributed by atoms with Crippen LogP contribution in [0.2, 0.25) is 0 Å². The Kier molecular flexibility index (Phi) is 5.76. The Labute approximate surface area is 193 Å². The molecule has 1 aliphatic carbocycles. The number of nitrogens with zero attached hydrogens (tertiary/aromatic N) is 1. The smallest absolute Gasteiger partial charge is 0.178 e. The molecule has 0 bridgehead atoms. The minimum absolute atomic E-state index is 0.111. The molecular formula is C26H25NO5S. The van der Waals surface area contributed by atoms with Gasteiger partial charge in [-0.3, -0.25) is 9.78 Å². The van der Waals surface area contributed by atoms with Gasteiger partial charge in [-0.1, -0.05) is 42.5 Å². The highest BCUT2D eigenvalue weighted by Crippen LogP contribution is 2.40. The minimum Gasteiger partial charge on any atom is -0.493 e. The van der Waals surface area contributed by atoms with Crippen LogP contribution in [0.1, 0.15) is 40.6 Å². The SMILES string of the molecule is O=C(CS(=O)(=O)C1CC1)c1ccccc1-c1ccc2c(c1)OC[C@@H](Cc1ccccn1)[C@@H]2O. The van der Waals surface area contributed by atoms with Gasteiger partial charge in [0.1, 0.15) is 11.5 Å². The monoisotopic (exact) mass is 463 g/mol. The van der Waals surface area contributed by atoms with E-state index in [1.54, 1.807) is 18.3 Å². The first kappa shape index (κ1) is 21.8. The third kappa shape index (κ3) is 4.56. The van der Waals surface area contributed by atoms with Gasteiger partial charge < -0.3 is 9.84 Å². The second kappa shape index (κ2) is 8.72. The van der Waals surface area contributed by atoms with Crippen molar-refractivity contribution < 1.29 is 23.1 Å². The fourth-order valence-corrected chi connectivity index (χ4v) is 5.97. The van der Waals surface area contributed by atoms with Gasteiger partial charge in [0.25, 0.3) is 0 Å². The number of rotatable bonds is 7. The molecule has 1 saturated carbocycles. The quantitative estimate of drug-likeness (QED) is 0.536. The fraction of sp³-hybridized carbons (Fsp3) is 0.308. The van der Waals surface area contributed by atoms with Crippen molar-refractivity contribution in [1.82, 2.24) is 4.98 Å². The Hall–Kier alpha value is -3.03. The van der Waals surface area contributed by atoms with Crippen molar-refractivity contribution in [2.75, 3.05) is 12.4 Å². The van der Waals surface area contributed by atoms with Crippen molar-refractivity contribution in [3.05, 3.63) is 83.7 Å². The number of carbonyl (C=O) groups excluding carboxylic acids is 1. The van der Waals surface area contributed by atoms with E-state index >= 15 is 0 Å². The van der Waals surface area contributed by atoms with Crippen molar-refractivity contribution in [2.24, 2.45) is 5.92 Å². The second-order valence-electron chi connectivity index (χ2n) is 8.77. The number of hydrogen-bond acceptors (Lipinski definition) is 6. The number of ketones is 1. The van der Waals surface area contributed by atoms with Crippen molar-refractivity contribution in [1.29, 1.82) is 0 Å². The van der Waals surface area contributed by atoms with Gasteiger partial charge in [-0.15, -0.1) is 0 Å². The van der Waals surface area contributed by atoms with E-state index in [0.717, 1.165) is 11.3 Å². The Morgan fingerprint density at radius 1 is 1.06 bits per heavy atom. The normalized spacial score (nSPS) is 20.0. The number of benzene rings is 2. The van der Waals surface area contributed by atoms with Crippen LogP contribution < -0.4 is 4.74 Å². The lowest BCUT2D eigenvalue weighted by Crippen LogP contribution is -2.28. The molecule has 33 heavy (non-hydrogen) atoms. The molecule has 1 aliphatic heterocycles. The van der Waals surface area contributed by atoms with Crippen LogP contribution >= 0.6 is 0 Å². The highest BCUT2D eigenvalue weighted by molar-refractivity contribution is 7.93. The first-order chi connectivity index (χ1) is 15.9. The number of hydrogen-bond donors (Lipinski definition) is 1. The minimum atomic E-state index is -3.40. The summed E-state index contributed by atoms with van der Waals surface area (Å²) < 4.78 is 30.7. The molecule has 1 fully saturated rings. The van der Waals surface area contributed by atoms with Crippen molar-refractivity contribution >= 4 is 15.6 Å². The van der Waals surface area contributed by atoms with Gasteiger partial charge in [-0.25, -0.2) is 8.42 Å². The van der Waals surface area contributed by atoms with E-state index in [2.05, 4.69) is 4.98 Å². The number of aromatic nitrogens is 1. The Bertz CT molecular complexity index is 1290. The van der Waals surface area contributed by atoms with E-state index in [-0.39, 0.29) is 11.2 Å². The van der Waals surface area contributed by atoms with Crippen LogP contribution in [-0.2, 0) is 16.3 Å². The summed E-state index contributed by atoms with van der Waals surface area (Å²) in [6.07, 6.45) is 2.94. The van der Waals surface area contributed by atoms with E-state index in [1.807, 2.05) is 48.5 Å². The number of fused-ring (bicyclic) bond motifs is 1. The average molecular weight is 464 g/mol. The summed E-state index contributed by atoms with van der Waals surface area (Å²) in [4.78, 5) is 17.2. The zero-order valence-electron chi connectivity index (χ0n) is 18.1. The van der Waals surface area contributed by atoms with Crippen LogP contribution in [0, 0.1) is 5.92 Å². The summed E-state index contributed by atoms with van der Waals surface area (Å²) >= 11 is 0. The molecule has 2 aliphatic rings. The summed E-state index contributed by atoms with van der Waals surface area (Å²) in [5, 5.41) is 10.6. The highest BCUT2D eigenvalue weighted by atomic mass is 32.2. The molecule has 0 saturated heterocycles. The molecule has 2 aromatic carbocycles. The second-order valence-corrected chi connectivity index (χ2v) is 11.1. The maximum absolute atomic E-state index is 12.9. The first-order valence-corrected chi connectivity index (χ1v) is 12.8. The molecule has 3 aromatic rings. The van der Waals surface area contributed by atoms with Crippen LogP contribution in [0.5, 0.6) is 5.75 Å². The largest absolute Gasteiger partial charge is 0.493 e. The van der Waals surface area contributed by atoms with Crippen molar-refractivity contribution in [2.45, 2.75) is 30.6 Å². The molecule has 170 valence electrons. The molecule has 5 rings (SSSR count). The zero-order valence-corrected chi connectivity index (χ0v) is 18.9. The van der Waals surface area contributed by atoms with Crippen molar-refractivity contribution in [3.63, 3.8) is 0 Å². The number of carbonyl (C=O) groups is 1. The van der Waals surface area contributed by atoms with E-state index in [4.69, 9.17) is 4.74 Å². The Morgan fingerprint density at radius 3 is 2.61 bits per heavy atom. The van der Waals surface area contributed by atoms with Crippen molar-refractivity contribution in [3.8, 4) is 16.9 Å². The van der Waals surface area contributed by atoms with Crippen LogP contribution in [0.4, 0.5) is 0 Å². The molecule has 0 radical (unpaired) electrons. The van der Waals surface area contributed by atoms with Gasteiger partial charge in [0.15, 0.2) is 15.6 Å². The lowest BCUT2D eigenvalue weighted by Gasteiger charge is -2.30. The van der Waals surface area contributed by atoms with Gasteiger partial charge in [-0.2, -0.15) is 0 Å². The fourth-order valence-electron chi connectivity index (χ4n) is 4.35. The lowest BCUT2D eigenvalue weighted by molar-refractivity contribution is 0.0503. The van der Waals surface area contributed by atoms with E-state index in [1.165, 1.54) is 0 Å². The number of ether oxygens (including phenoxy) is 1. The Morgan fingerprint density at radius 2 is 1.85 bits per heavy atom. The van der Waals surface area contributed by atoms with E-state index in [0.29, 0.717) is 48.3 Å². The van der Waals surface area contributed by atoms with Gasteiger partial charge in [0.05, 0.1) is 18.0 Å². The third-order valence-electron chi connectivity index (χ3n) is 6.33. The van der Waals surface area contributed by atoms with Crippen LogP contribution in [0.25, 0.3) is 11.1 Å². The molecule has 2 atom stereocenters. The molecule has 0 amide bonds. The molecule has 0 spiro atoms. The van der Waals surface area contributed by atoms with E-state index in [9.17, 15) is 18.3 Å². The van der Waals surface area contributed by atoms with E-state index < -0.39 is 27.5 Å². The van der Waals surface area contributed by atoms with Gasteiger partial charge in [0.2, 0.25) is 0 Å². The summed E-state index contributed by atoms with van der Waals surface area (Å²) in [5.41, 5.74) is 3.39. The van der Waals surface area contributed by atoms with Gasteiger partial charge >= 0.3 is 0 Å². The van der Waals surface area contributed by atoms with Gasteiger partial charge in [-0.05, 0) is 48.6 Å². The third-order valence-corrected chi connectivity index (χ3v) is 8.48. The lowest BCUT2D eigenvalue weighted by atomic mass is 9.88. The molecule has 6 nitrogen and oxygen atoms in total. The van der Waals surface area contributed by atoms with Gasteiger partial charge in [0, 0.05) is 28.9 Å². The number of sulfone groups is 1. The molecule has 1 N–H and O–H groups in total. The average Bonchev–Trinajstić information content (AvgIpc) is 3.68. The molecule has 0 unspecified atom stereocenters. The first-order valence-electron chi connectivity index (χ1n) is 11.1. The molecule has 7 heteroatoms. The number of Topliss-reactive ketones (excluding diaryl/α,β-unsaturated/α-hetero) is 1. The summed E-state index contributed by atoms with van der Waals surface area (Å²) in [7, 11) is -3.40. The standard InChI is InChI=1S/C26H25NO5S/c28-24(16-33(30,31)20-9-10-20)22-7-2-1-6-21(22)17-8-11-23-25(14-17)32-15-18(26(23)29)13-19-5-3-4-12-27-19/h1-8,11-12,14,18,20,26,29H,9-10,13,15-16H2/t18-,26+/m1/s1. The number of pyridine rings is 1. The highest BCUT2D eigenvalue weighted by Gasteiger charge is 2.37. The predicted molar refractivity (Wildman–Crippen MR) is 125 cm³/mol.